The van der Waals surface area contributed by atoms with Crippen molar-refractivity contribution in [1.82, 2.24) is 5.32 Å². The Bertz CT molecular complexity index is 736. The van der Waals surface area contributed by atoms with Gasteiger partial charge in [-0.1, -0.05) is 258 Å². The molecule has 0 aliphatic rings. The minimum absolute atomic E-state index is 0.376. The van der Waals surface area contributed by atoms with Gasteiger partial charge in [-0.15, -0.1) is 0 Å². The lowest BCUT2D eigenvalue weighted by Gasteiger charge is -2.27. The van der Waals surface area contributed by atoms with Crippen molar-refractivity contribution in [3.05, 3.63) is 0 Å². The first kappa shape index (κ1) is 53.3. The molecular formula is C48H97NO5. The van der Waals surface area contributed by atoms with Crippen LogP contribution in [0.3, 0.4) is 0 Å². The summed E-state index contributed by atoms with van der Waals surface area (Å²) in [6, 6.07) is -0.978. The van der Waals surface area contributed by atoms with Crippen molar-refractivity contribution in [3.8, 4) is 0 Å². The topological polar surface area (TPSA) is 110 Å². The number of unbranched alkanes of at least 4 members (excludes halogenated alkanes) is 36. The van der Waals surface area contributed by atoms with Crippen LogP contribution in [0.15, 0.2) is 0 Å². The van der Waals surface area contributed by atoms with Crippen LogP contribution in [-0.4, -0.2) is 57.3 Å². The molecule has 2 unspecified atom stereocenters. The summed E-state index contributed by atoms with van der Waals surface area (Å²) in [5, 5.41) is 43.7. The minimum atomic E-state index is -1.25. The average Bonchev–Trinajstić information content (AvgIpc) is 3.18. The maximum atomic E-state index is 12.5. The minimum Gasteiger partial charge on any atom is -0.394 e. The molecule has 0 bridgehead atoms. The van der Waals surface area contributed by atoms with Gasteiger partial charge in [0, 0.05) is 0 Å². The number of hydrogen-bond acceptors (Lipinski definition) is 5. The predicted octanol–water partition coefficient (Wildman–Crippen LogP) is 13.2. The third-order valence-corrected chi connectivity index (χ3v) is 11.8. The number of aliphatic hydroxyl groups is 4. The first-order valence-electron chi connectivity index (χ1n) is 24.4. The van der Waals surface area contributed by atoms with E-state index in [0.29, 0.717) is 12.8 Å². The second-order valence-corrected chi connectivity index (χ2v) is 17.2. The summed E-state index contributed by atoms with van der Waals surface area (Å²) in [6.45, 7) is 4.06. The van der Waals surface area contributed by atoms with E-state index in [2.05, 4.69) is 19.2 Å². The Balaban J connectivity index is 3.58. The molecule has 324 valence electrons. The van der Waals surface area contributed by atoms with Crippen LogP contribution in [0.25, 0.3) is 0 Å². The van der Waals surface area contributed by atoms with Crippen LogP contribution in [0.5, 0.6) is 0 Å². The molecule has 0 fully saturated rings. The molecule has 0 aliphatic heterocycles. The van der Waals surface area contributed by atoms with Crippen LogP contribution in [0.2, 0.25) is 0 Å². The summed E-state index contributed by atoms with van der Waals surface area (Å²) in [5.74, 6) is -0.578. The van der Waals surface area contributed by atoms with Crippen LogP contribution >= 0.6 is 0 Å². The van der Waals surface area contributed by atoms with Crippen LogP contribution < -0.4 is 5.32 Å². The fourth-order valence-electron chi connectivity index (χ4n) is 7.94. The van der Waals surface area contributed by atoms with Crippen molar-refractivity contribution in [1.29, 1.82) is 0 Å². The van der Waals surface area contributed by atoms with Crippen molar-refractivity contribution in [2.45, 2.75) is 295 Å². The van der Waals surface area contributed by atoms with Gasteiger partial charge in [-0.2, -0.15) is 0 Å². The highest BCUT2D eigenvalue weighted by Gasteiger charge is 2.28. The van der Waals surface area contributed by atoms with Crippen molar-refractivity contribution >= 4 is 5.91 Å². The van der Waals surface area contributed by atoms with E-state index in [1.165, 1.54) is 205 Å². The molecule has 0 aromatic rings. The second kappa shape index (κ2) is 43.4. The van der Waals surface area contributed by atoms with E-state index >= 15 is 0 Å². The summed E-state index contributed by atoms with van der Waals surface area (Å²) in [4.78, 5) is 12.5. The zero-order valence-electron chi connectivity index (χ0n) is 36.5. The lowest BCUT2D eigenvalue weighted by Crippen LogP contribution is -2.53. The molecular weight excluding hydrogens is 671 g/mol. The maximum absolute atomic E-state index is 12.5. The van der Waals surface area contributed by atoms with Gasteiger partial charge in [0.15, 0.2) is 0 Å². The molecule has 0 spiro atoms. The van der Waals surface area contributed by atoms with Crippen molar-refractivity contribution < 1.29 is 25.2 Å². The fourth-order valence-corrected chi connectivity index (χ4v) is 7.94. The highest BCUT2D eigenvalue weighted by Crippen LogP contribution is 2.18. The molecule has 6 heteroatoms. The number of carbonyl (C=O) groups is 1. The second-order valence-electron chi connectivity index (χ2n) is 17.2. The molecule has 0 aromatic carbocycles. The number of nitrogens with one attached hydrogen (secondary N) is 1. The normalized spacial score (nSPS) is 14.0. The fraction of sp³-hybridized carbons (Fsp3) is 0.979. The van der Waals surface area contributed by atoms with Gasteiger partial charge in [0.2, 0.25) is 5.91 Å². The average molecular weight is 768 g/mol. The quantitative estimate of drug-likeness (QED) is 0.0396. The van der Waals surface area contributed by atoms with E-state index in [4.69, 9.17) is 0 Å². The predicted molar refractivity (Wildman–Crippen MR) is 233 cm³/mol. The molecule has 1 amide bonds. The zero-order valence-corrected chi connectivity index (χ0v) is 36.5. The van der Waals surface area contributed by atoms with Gasteiger partial charge in [-0.3, -0.25) is 4.79 Å². The van der Waals surface area contributed by atoms with Crippen molar-refractivity contribution in [2.24, 2.45) is 0 Å². The van der Waals surface area contributed by atoms with Crippen molar-refractivity contribution in [3.63, 3.8) is 0 Å². The molecule has 5 N–H and O–H groups in total. The number of rotatable bonds is 45. The third-order valence-electron chi connectivity index (χ3n) is 11.8. The van der Waals surface area contributed by atoms with Crippen molar-refractivity contribution in [2.75, 3.05) is 6.61 Å². The molecule has 0 heterocycles. The summed E-state index contributed by atoms with van der Waals surface area (Å²) in [6.07, 6.45) is 47.3. The number of hydrogen-bond donors (Lipinski definition) is 5. The molecule has 0 aromatic heterocycles. The van der Waals surface area contributed by atoms with Gasteiger partial charge in [0.05, 0.1) is 18.8 Å². The molecule has 6 nitrogen and oxygen atoms in total. The Morgan fingerprint density at radius 3 is 0.889 bits per heavy atom. The standard InChI is InChI=1S/C48H97NO5/c1-3-5-7-9-11-13-15-17-18-19-20-21-22-23-24-25-26-27-28-29-30-32-34-36-38-40-42-46(52)48(54)49-44(43-50)47(53)45(51)41-39-37-35-33-31-16-14-12-10-8-6-4-2/h44-47,50-53H,3-43H2,1-2H3,(H,49,54)/t44-,45?,46?,47+/m1/s1. The summed E-state index contributed by atoms with van der Waals surface area (Å²) >= 11 is 0. The number of amides is 1. The third kappa shape index (κ3) is 36.9. The van der Waals surface area contributed by atoms with E-state index < -0.39 is 36.9 Å². The van der Waals surface area contributed by atoms with Gasteiger partial charge in [-0.05, 0) is 12.8 Å². The summed E-state index contributed by atoms with van der Waals surface area (Å²) < 4.78 is 0. The lowest BCUT2D eigenvalue weighted by molar-refractivity contribution is -0.132. The molecule has 54 heavy (non-hydrogen) atoms. The molecule has 4 atom stereocenters. The van der Waals surface area contributed by atoms with E-state index in [9.17, 15) is 25.2 Å². The summed E-state index contributed by atoms with van der Waals surface area (Å²) in [7, 11) is 0. The smallest absolute Gasteiger partial charge is 0.249 e. The molecule has 0 saturated heterocycles. The molecule has 0 rings (SSSR count). The van der Waals surface area contributed by atoms with E-state index in [1.54, 1.807) is 0 Å². The number of carbonyl (C=O) groups excluding carboxylic acids is 1. The SMILES string of the molecule is CCCCCCCCCCCCCCCCCCCCCCCCCCCCC(O)C(=O)N[C@H](CO)[C@H](O)C(O)CCCCCCCCCCCCCC. The first-order chi connectivity index (χ1) is 26.5. The van der Waals surface area contributed by atoms with E-state index in [-0.39, 0.29) is 0 Å². The van der Waals surface area contributed by atoms with Gasteiger partial charge in [-0.25, -0.2) is 0 Å². The molecule has 0 aliphatic carbocycles. The van der Waals surface area contributed by atoms with Crippen LogP contribution in [-0.2, 0) is 4.79 Å². The Hall–Kier alpha value is -0.690. The molecule has 0 saturated carbocycles. The van der Waals surface area contributed by atoms with Crippen LogP contribution in [0, 0.1) is 0 Å². The first-order valence-corrected chi connectivity index (χ1v) is 24.4. The van der Waals surface area contributed by atoms with Gasteiger partial charge >= 0.3 is 0 Å². The van der Waals surface area contributed by atoms with E-state index in [1.807, 2.05) is 0 Å². The monoisotopic (exact) mass is 768 g/mol. The van der Waals surface area contributed by atoms with E-state index in [0.717, 1.165) is 38.5 Å². The van der Waals surface area contributed by atoms with Crippen LogP contribution in [0.1, 0.15) is 271 Å². The highest BCUT2D eigenvalue weighted by molar-refractivity contribution is 5.80. The summed E-state index contributed by atoms with van der Waals surface area (Å²) in [5.41, 5.74) is 0. The van der Waals surface area contributed by atoms with Gasteiger partial charge < -0.3 is 25.7 Å². The lowest BCUT2D eigenvalue weighted by atomic mass is 9.99. The molecule has 0 radical (unpaired) electrons. The van der Waals surface area contributed by atoms with Gasteiger partial charge in [0.25, 0.3) is 0 Å². The number of aliphatic hydroxyl groups excluding tert-OH is 4. The maximum Gasteiger partial charge on any atom is 0.249 e. The van der Waals surface area contributed by atoms with Gasteiger partial charge in [0.1, 0.15) is 12.2 Å². The highest BCUT2D eigenvalue weighted by atomic mass is 16.3. The Kier molecular flexibility index (Phi) is 42.9. The Morgan fingerprint density at radius 1 is 0.389 bits per heavy atom. The zero-order chi connectivity index (χ0) is 39.6. The van der Waals surface area contributed by atoms with Crippen LogP contribution in [0.4, 0.5) is 0 Å². The largest absolute Gasteiger partial charge is 0.394 e. The Labute approximate surface area is 337 Å². The Morgan fingerprint density at radius 2 is 0.630 bits per heavy atom.